The largest absolute Gasteiger partial charge is 0.321 e. The Hall–Kier alpha value is -2.00. The van der Waals surface area contributed by atoms with Crippen LogP contribution >= 0.6 is 0 Å². The lowest BCUT2D eigenvalue weighted by Crippen LogP contribution is -2.34. The summed E-state index contributed by atoms with van der Waals surface area (Å²) >= 11 is 0. The van der Waals surface area contributed by atoms with Gasteiger partial charge in [0.05, 0.1) is 6.04 Å². The summed E-state index contributed by atoms with van der Waals surface area (Å²) in [5.74, 6) is -0.309. The highest BCUT2D eigenvalue weighted by Gasteiger charge is 2.15. The fourth-order valence-electron chi connectivity index (χ4n) is 2.16. The highest BCUT2D eigenvalue weighted by Crippen LogP contribution is 2.12. The fraction of sp³-hybridized carbons (Fsp3) is 0.235. The number of hydrogen-bond acceptors (Lipinski definition) is 2. The molecule has 0 amide bonds. The molecule has 2 aromatic rings. The molecule has 0 radical (unpaired) electrons. The quantitative estimate of drug-likeness (QED) is 0.908. The molecule has 3 heteroatoms. The maximum Gasteiger partial charge on any atom is 0.154 e. The second kappa shape index (κ2) is 6.44. The minimum absolute atomic E-state index is 0.0245. The zero-order chi connectivity index (χ0) is 14.5. The number of rotatable bonds is 5. The molecule has 0 aliphatic heterocycles. The smallest absolute Gasteiger partial charge is 0.154 e. The minimum Gasteiger partial charge on any atom is -0.321 e. The maximum atomic E-state index is 13.0. The molecule has 0 saturated carbocycles. The van der Waals surface area contributed by atoms with Gasteiger partial charge in [0.25, 0.3) is 0 Å². The molecule has 0 spiro atoms. The van der Waals surface area contributed by atoms with Crippen LogP contribution < -0.4 is 5.73 Å². The predicted octanol–water partition coefficient (Wildman–Crippen LogP) is 2.82. The van der Waals surface area contributed by atoms with Gasteiger partial charge in [0.1, 0.15) is 5.82 Å². The van der Waals surface area contributed by atoms with Crippen molar-refractivity contribution in [1.29, 1.82) is 0 Å². The van der Waals surface area contributed by atoms with Gasteiger partial charge in [-0.2, -0.15) is 0 Å². The second-order valence-electron chi connectivity index (χ2n) is 5.01. The molecular formula is C17H18FNO. The molecule has 0 aliphatic carbocycles. The van der Waals surface area contributed by atoms with E-state index in [4.69, 9.17) is 5.73 Å². The molecule has 2 rings (SSSR count). The van der Waals surface area contributed by atoms with Crippen LogP contribution in [0.4, 0.5) is 4.39 Å². The van der Waals surface area contributed by atoms with E-state index in [-0.39, 0.29) is 18.0 Å². The van der Waals surface area contributed by atoms with Crippen LogP contribution in [0.3, 0.4) is 0 Å². The molecule has 2 aromatic carbocycles. The van der Waals surface area contributed by atoms with E-state index in [0.717, 1.165) is 16.7 Å². The van der Waals surface area contributed by atoms with Crippen LogP contribution in [0.15, 0.2) is 48.5 Å². The van der Waals surface area contributed by atoms with Gasteiger partial charge in [-0.25, -0.2) is 4.39 Å². The Morgan fingerprint density at radius 3 is 2.55 bits per heavy atom. The number of nitrogens with two attached hydrogens (primary N) is 1. The summed E-state index contributed by atoms with van der Waals surface area (Å²) in [6, 6.07) is 13.6. The summed E-state index contributed by atoms with van der Waals surface area (Å²) in [6.45, 7) is 1.80. The number of carbonyl (C=O) groups excluding carboxylic acids is 1. The number of Topliss-reactive ketones (excluding diaryl/α,β-unsaturated/α-hetero) is 1. The molecule has 1 unspecified atom stereocenters. The van der Waals surface area contributed by atoms with Crippen molar-refractivity contribution >= 4 is 5.78 Å². The SMILES string of the molecule is Cc1cc(F)ccc1CC(=O)C(N)Cc1ccccc1. The Morgan fingerprint density at radius 1 is 1.20 bits per heavy atom. The first-order chi connectivity index (χ1) is 9.56. The fourth-order valence-corrected chi connectivity index (χ4v) is 2.16. The number of hydrogen-bond donors (Lipinski definition) is 1. The standard InChI is InChI=1S/C17H18FNO/c1-12-9-15(18)8-7-14(12)11-17(20)16(19)10-13-5-3-2-4-6-13/h2-9,16H,10-11,19H2,1H3. The molecule has 104 valence electrons. The molecule has 0 bridgehead atoms. The number of carbonyl (C=O) groups is 1. The van der Waals surface area contributed by atoms with Crippen molar-refractivity contribution in [3.63, 3.8) is 0 Å². The van der Waals surface area contributed by atoms with Gasteiger partial charge in [0.15, 0.2) is 5.78 Å². The van der Waals surface area contributed by atoms with Crippen molar-refractivity contribution in [1.82, 2.24) is 0 Å². The first kappa shape index (κ1) is 14.4. The van der Waals surface area contributed by atoms with Crippen LogP contribution in [0, 0.1) is 12.7 Å². The van der Waals surface area contributed by atoms with Crippen LogP contribution in [0.1, 0.15) is 16.7 Å². The molecule has 0 heterocycles. The van der Waals surface area contributed by atoms with E-state index in [1.165, 1.54) is 12.1 Å². The number of aryl methyl sites for hydroxylation is 1. The van der Waals surface area contributed by atoms with E-state index in [2.05, 4.69) is 0 Å². The van der Waals surface area contributed by atoms with E-state index in [0.29, 0.717) is 6.42 Å². The van der Waals surface area contributed by atoms with Gasteiger partial charge in [0, 0.05) is 6.42 Å². The Kier molecular flexibility index (Phi) is 4.64. The van der Waals surface area contributed by atoms with E-state index in [1.807, 2.05) is 30.3 Å². The van der Waals surface area contributed by atoms with Gasteiger partial charge in [-0.15, -0.1) is 0 Å². The Balaban J connectivity index is 2.01. The van der Waals surface area contributed by atoms with Crippen molar-refractivity contribution in [2.24, 2.45) is 5.73 Å². The molecule has 2 nitrogen and oxygen atoms in total. The third-order valence-electron chi connectivity index (χ3n) is 3.38. The molecular weight excluding hydrogens is 253 g/mol. The third-order valence-corrected chi connectivity index (χ3v) is 3.38. The topological polar surface area (TPSA) is 43.1 Å². The first-order valence-corrected chi connectivity index (χ1v) is 6.63. The Bertz CT molecular complexity index is 595. The van der Waals surface area contributed by atoms with Gasteiger partial charge >= 0.3 is 0 Å². The molecule has 1 atom stereocenters. The van der Waals surface area contributed by atoms with Crippen molar-refractivity contribution < 1.29 is 9.18 Å². The Morgan fingerprint density at radius 2 is 1.90 bits per heavy atom. The third kappa shape index (κ3) is 3.75. The lowest BCUT2D eigenvalue weighted by atomic mass is 9.96. The monoisotopic (exact) mass is 271 g/mol. The summed E-state index contributed by atoms with van der Waals surface area (Å²) < 4.78 is 13.0. The predicted molar refractivity (Wildman–Crippen MR) is 78.0 cm³/mol. The van der Waals surface area contributed by atoms with Gasteiger partial charge in [0.2, 0.25) is 0 Å². The Labute approximate surface area is 118 Å². The van der Waals surface area contributed by atoms with Crippen LogP contribution in [-0.4, -0.2) is 11.8 Å². The molecule has 0 aliphatic rings. The second-order valence-corrected chi connectivity index (χ2v) is 5.01. The summed E-state index contributed by atoms with van der Waals surface area (Å²) in [5, 5.41) is 0. The van der Waals surface area contributed by atoms with E-state index in [1.54, 1.807) is 13.0 Å². The summed E-state index contributed by atoms with van der Waals surface area (Å²) in [6.07, 6.45) is 0.778. The van der Waals surface area contributed by atoms with Crippen LogP contribution in [0.25, 0.3) is 0 Å². The normalized spacial score (nSPS) is 12.2. The summed E-state index contributed by atoms with van der Waals surface area (Å²) in [7, 11) is 0. The van der Waals surface area contributed by atoms with E-state index < -0.39 is 6.04 Å². The number of benzene rings is 2. The average molecular weight is 271 g/mol. The molecule has 0 fully saturated rings. The van der Waals surface area contributed by atoms with Gasteiger partial charge < -0.3 is 5.73 Å². The first-order valence-electron chi connectivity index (χ1n) is 6.63. The summed E-state index contributed by atoms with van der Waals surface area (Å²) in [4.78, 5) is 12.1. The van der Waals surface area contributed by atoms with Crippen molar-refractivity contribution in [3.05, 3.63) is 71.0 Å². The van der Waals surface area contributed by atoms with Gasteiger partial charge in [-0.1, -0.05) is 36.4 Å². The molecule has 20 heavy (non-hydrogen) atoms. The lowest BCUT2D eigenvalue weighted by molar-refractivity contribution is -0.119. The van der Waals surface area contributed by atoms with E-state index in [9.17, 15) is 9.18 Å². The van der Waals surface area contributed by atoms with Crippen LogP contribution in [0.5, 0.6) is 0 Å². The highest BCUT2D eigenvalue weighted by molar-refractivity contribution is 5.86. The van der Waals surface area contributed by atoms with Gasteiger partial charge in [-0.3, -0.25) is 4.79 Å². The zero-order valence-electron chi connectivity index (χ0n) is 11.5. The average Bonchev–Trinajstić information content (AvgIpc) is 2.43. The molecule has 0 aromatic heterocycles. The van der Waals surface area contributed by atoms with E-state index >= 15 is 0 Å². The maximum absolute atomic E-state index is 13.0. The zero-order valence-corrected chi connectivity index (χ0v) is 11.5. The lowest BCUT2D eigenvalue weighted by Gasteiger charge is -2.12. The minimum atomic E-state index is -0.526. The van der Waals surface area contributed by atoms with Gasteiger partial charge in [-0.05, 0) is 42.2 Å². The summed E-state index contributed by atoms with van der Waals surface area (Å²) in [5.41, 5.74) is 8.61. The number of halogens is 1. The molecule has 2 N–H and O–H groups in total. The number of ketones is 1. The van der Waals surface area contributed by atoms with Crippen LogP contribution in [0.2, 0.25) is 0 Å². The highest BCUT2D eigenvalue weighted by atomic mass is 19.1. The van der Waals surface area contributed by atoms with Crippen molar-refractivity contribution in [3.8, 4) is 0 Å². The van der Waals surface area contributed by atoms with Crippen molar-refractivity contribution in [2.45, 2.75) is 25.8 Å². The molecule has 0 saturated heterocycles. The van der Waals surface area contributed by atoms with Crippen LogP contribution in [-0.2, 0) is 17.6 Å². The van der Waals surface area contributed by atoms with Crippen molar-refractivity contribution in [2.75, 3.05) is 0 Å².